The van der Waals surface area contributed by atoms with Crippen molar-refractivity contribution in [2.45, 2.75) is 9.79 Å². The SMILES string of the molecule is Nc1cc(F)cc(SCCSc2ccccc2)c1. The first-order valence-electron chi connectivity index (χ1n) is 5.61. The summed E-state index contributed by atoms with van der Waals surface area (Å²) in [6, 6.07) is 14.9. The van der Waals surface area contributed by atoms with E-state index in [0.29, 0.717) is 5.69 Å². The largest absolute Gasteiger partial charge is 0.399 e. The Morgan fingerprint density at radius 3 is 2.22 bits per heavy atom. The van der Waals surface area contributed by atoms with Gasteiger partial charge in [-0.2, -0.15) is 0 Å². The molecular formula is C14H14FNS2. The Balaban J connectivity index is 1.78. The van der Waals surface area contributed by atoms with E-state index in [1.807, 2.05) is 18.2 Å². The van der Waals surface area contributed by atoms with E-state index in [0.717, 1.165) is 16.4 Å². The monoisotopic (exact) mass is 279 g/mol. The van der Waals surface area contributed by atoms with Gasteiger partial charge in [-0.15, -0.1) is 23.5 Å². The number of rotatable bonds is 5. The smallest absolute Gasteiger partial charge is 0.126 e. The maximum atomic E-state index is 13.1. The molecule has 0 aromatic heterocycles. The third-order valence-corrected chi connectivity index (χ3v) is 4.51. The van der Waals surface area contributed by atoms with Crippen molar-refractivity contribution in [1.82, 2.24) is 0 Å². The molecular weight excluding hydrogens is 265 g/mol. The molecule has 0 unspecified atom stereocenters. The lowest BCUT2D eigenvalue weighted by Gasteiger charge is -2.03. The lowest BCUT2D eigenvalue weighted by atomic mass is 10.3. The zero-order valence-corrected chi connectivity index (χ0v) is 11.4. The maximum Gasteiger partial charge on any atom is 0.126 e. The van der Waals surface area contributed by atoms with Gasteiger partial charge in [-0.25, -0.2) is 4.39 Å². The molecule has 2 rings (SSSR count). The summed E-state index contributed by atoms with van der Waals surface area (Å²) in [4.78, 5) is 2.15. The number of hydrogen-bond acceptors (Lipinski definition) is 3. The predicted octanol–water partition coefficient (Wildman–Crippen LogP) is 4.29. The van der Waals surface area contributed by atoms with Crippen LogP contribution in [0.15, 0.2) is 58.3 Å². The molecule has 2 aromatic carbocycles. The van der Waals surface area contributed by atoms with E-state index in [9.17, 15) is 4.39 Å². The maximum absolute atomic E-state index is 13.1. The van der Waals surface area contributed by atoms with Crippen LogP contribution in [0.5, 0.6) is 0 Å². The van der Waals surface area contributed by atoms with Crippen LogP contribution >= 0.6 is 23.5 Å². The number of anilines is 1. The van der Waals surface area contributed by atoms with Crippen molar-refractivity contribution in [2.24, 2.45) is 0 Å². The van der Waals surface area contributed by atoms with Crippen molar-refractivity contribution in [3.8, 4) is 0 Å². The summed E-state index contributed by atoms with van der Waals surface area (Å²) in [5.41, 5.74) is 6.08. The molecule has 2 aromatic rings. The lowest BCUT2D eigenvalue weighted by molar-refractivity contribution is 0.625. The van der Waals surface area contributed by atoms with Gasteiger partial charge in [-0.1, -0.05) is 18.2 Å². The number of nitrogen functional groups attached to an aromatic ring is 1. The Bertz CT molecular complexity index is 482. The van der Waals surface area contributed by atoms with E-state index in [1.165, 1.54) is 17.0 Å². The van der Waals surface area contributed by atoms with Gasteiger partial charge in [0, 0.05) is 27.0 Å². The Hall–Kier alpha value is -1.13. The zero-order chi connectivity index (χ0) is 12.8. The number of nitrogens with two attached hydrogens (primary N) is 1. The van der Waals surface area contributed by atoms with Crippen LogP contribution in [-0.2, 0) is 0 Å². The molecule has 4 heteroatoms. The molecule has 0 spiro atoms. The van der Waals surface area contributed by atoms with Gasteiger partial charge in [0.1, 0.15) is 5.82 Å². The van der Waals surface area contributed by atoms with Crippen LogP contribution in [0.25, 0.3) is 0 Å². The van der Waals surface area contributed by atoms with Crippen molar-refractivity contribution in [3.05, 3.63) is 54.3 Å². The van der Waals surface area contributed by atoms with Crippen molar-refractivity contribution < 1.29 is 4.39 Å². The van der Waals surface area contributed by atoms with E-state index in [1.54, 1.807) is 29.6 Å². The van der Waals surface area contributed by atoms with E-state index < -0.39 is 0 Å². The molecule has 0 amide bonds. The minimum atomic E-state index is -0.270. The van der Waals surface area contributed by atoms with E-state index >= 15 is 0 Å². The molecule has 0 aliphatic heterocycles. The molecule has 0 saturated carbocycles. The summed E-state index contributed by atoms with van der Waals surface area (Å²) in [6.45, 7) is 0. The molecule has 2 N–H and O–H groups in total. The average Bonchev–Trinajstić information content (AvgIpc) is 2.35. The normalized spacial score (nSPS) is 10.5. The molecule has 94 valence electrons. The Morgan fingerprint density at radius 1 is 0.889 bits per heavy atom. The zero-order valence-electron chi connectivity index (χ0n) is 9.80. The highest BCUT2D eigenvalue weighted by molar-refractivity contribution is 8.03. The Morgan fingerprint density at radius 2 is 1.56 bits per heavy atom. The van der Waals surface area contributed by atoms with Gasteiger partial charge >= 0.3 is 0 Å². The van der Waals surface area contributed by atoms with Crippen molar-refractivity contribution >= 4 is 29.2 Å². The molecule has 1 nitrogen and oxygen atoms in total. The van der Waals surface area contributed by atoms with Gasteiger partial charge in [0.05, 0.1) is 0 Å². The third-order valence-electron chi connectivity index (χ3n) is 2.26. The van der Waals surface area contributed by atoms with Gasteiger partial charge in [-0.3, -0.25) is 0 Å². The van der Waals surface area contributed by atoms with Gasteiger partial charge in [0.15, 0.2) is 0 Å². The first kappa shape index (κ1) is 13.3. The van der Waals surface area contributed by atoms with Crippen LogP contribution in [0.3, 0.4) is 0 Å². The second-order valence-corrected chi connectivity index (χ2v) is 6.07. The molecule has 0 aliphatic rings. The van der Waals surface area contributed by atoms with Crippen LogP contribution in [0.1, 0.15) is 0 Å². The Kier molecular flexibility index (Phi) is 4.96. The van der Waals surface area contributed by atoms with Gasteiger partial charge in [0.2, 0.25) is 0 Å². The third kappa shape index (κ3) is 4.27. The van der Waals surface area contributed by atoms with E-state index in [4.69, 9.17) is 5.73 Å². The summed E-state index contributed by atoms with van der Waals surface area (Å²) in [7, 11) is 0. The average molecular weight is 279 g/mol. The van der Waals surface area contributed by atoms with Crippen LogP contribution in [0.4, 0.5) is 10.1 Å². The predicted molar refractivity (Wildman–Crippen MR) is 78.7 cm³/mol. The summed E-state index contributed by atoms with van der Waals surface area (Å²) in [5.74, 6) is 1.65. The highest BCUT2D eigenvalue weighted by atomic mass is 32.2. The summed E-state index contributed by atoms with van der Waals surface area (Å²) < 4.78 is 13.1. The summed E-state index contributed by atoms with van der Waals surface area (Å²) in [6.07, 6.45) is 0. The first-order valence-corrected chi connectivity index (χ1v) is 7.58. The first-order chi connectivity index (χ1) is 8.74. The molecule has 0 atom stereocenters. The number of benzene rings is 2. The van der Waals surface area contributed by atoms with Gasteiger partial charge in [-0.05, 0) is 30.3 Å². The second kappa shape index (κ2) is 6.71. The highest BCUT2D eigenvalue weighted by Gasteiger charge is 2.00. The van der Waals surface area contributed by atoms with Crippen molar-refractivity contribution in [3.63, 3.8) is 0 Å². The number of thioether (sulfide) groups is 2. The fraction of sp³-hybridized carbons (Fsp3) is 0.143. The van der Waals surface area contributed by atoms with Gasteiger partial charge in [0.25, 0.3) is 0 Å². The van der Waals surface area contributed by atoms with Crippen molar-refractivity contribution in [2.75, 3.05) is 17.2 Å². The van der Waals surface area contributed by atoms with E-state index in [2.05, 4.69) is 12.1 Å². The molecule has 0 heterocycles. The van der Waals surface area contributed by atoms with Crippen molar-refractivity contribution in [1.29, 1.82) is 0 Å². The standard InChI is InChI=1S/C14H14FNS2/c15-11-8-12(16)10-14(9-11)18-7-6-17-13-4-2-1-3-5-13/h1-5,8-10H,6-7,16H2. The molecule has 18 heavy (non-hydrogen) atoms. The molecule has 0 fully saturated rings. The molecule has 0 radical (unpaired) electrons. The minimum Gasteiger partial charge on any atom is -0.399 e. The van der Waals surface area contributed by atoms with Crippen LogP contribution in [0, 0.1) is 5.82 Å². The fourth-order valence-electron chi connectivity index (χ4n) is 1.50. The minimum absolute atomic E-state index is 0.270. The number of halogens is 1. The lowest BCUT2D eigenvalue weighted by Crippen LogP contribution is -1.89. The van der Waals surface area contributed by atoms with Gasteiger partial charge < -0.3 is 5.73 Å². The van der Waals surface area contributed by atoms with Crippen LogP contribution < -0.4 is 5.73 Å². The molecule has 0 aliphatic carbocycles. The summed E-state index contributed by atoms with van der Waals surface area (Å²) >= 11 is 3.43. The topological polar surface area (TPSA) is 26.0 Å². The van der Waals surface area contributed by atoms with E-state index in [-0.39, 0.29) is 5.82 Å². The van der Waals surface area contributed by atoms with Crippen LogP contribution in [0.2, 0.25) is 0 Å². The quantitative estimate of drug-likeness (QED) is 0.502. The summed E-state index contributed by atoms with van der Waals surface area (Å²) in [5, 5.41) is 0. The molecule has 0 saturated heterocycles. The number of hydrogen-bond donors (Lipinski definition) is 1. The fourth-order valence-corrected chi connectivity index (χ4v) is 3.41. The molecule has 0 bridgehead atoms. The highest BCUT2D eigenvalue weighted by Crippen LogP contribution is 2.25. The van der Waals surface area contributed by atoms with Crippen LogP contribution in [-0.4, -0.2) is 11.5 Å². The second-order valence-electron chi connectivity index (χ2n) is 3.73. The Labute approximate surface area is 115 Å².